The molecule has 0 bridgehead atoms. The topological polar surface area (TPSA) is 55.8 Å². The van der Waals surface area contributed by atoms with Crippen LogP contribution in [0.1, 0.15) is 24.5 Å². The first-order chi connectivity index (χ1) is 14.6. The maximum atomic E-state index is 12.8. The molecule has 1 amide bonds. The maximum absolute atomic E-state index is 12.8. The summed E-state index contributed by atoms with van der Waals surface area (Å²) in [5.74, 6) is 0.224. The molecule has 0 unspecified atom stereocenters. The van der Waals surface area contributed by atoms with Gasteiger partial charge in [-0.25, -0.2) is 9.69 Å². The summed E-state index contributed by atoms with van der Waals surface area (Å²) < 4.78 is 10.8. The number of anilines is 2. The molecule has 0 fully saturated rings. The van der Waals surface area contributed by atoms with Crippen molar-refractivity contribution in [3.8, 4) is 5.75 Å². The van der Waals surface area contributed by atoms with E-state index < -0.39 is 6.09 Å². The number of aryl methyl sites for hydroxylation is 1. The van der Waals surface area contributed by atoms with E-state index in [9.17, 15) is 9.59 Å². The molecule has 0 heterocycles. The average Bonchev–Trinajstić information content (AvgIpc) is 2.75. The van der Waals surface area contributed by atoms with Crippen molar-refractivity contribution in [2.75, 3.05) is 11.5 Å². The highest BCUT2D eigenvalue weighted by Crippen LogP contribution is 2.26. The average molecular weight is 403 g/mol. The molecule has 154 valence electrons. The van der Waals surface area contributed by atoms with Gasteiger partial charge in [0.25, 0.3) is 0 Å². The van der Waals surface area contributed by atoms with Crippen molar-refractivity contribution in [3.05, 3.63) is 90.0 Å². The Morgan fingerprint density at radius 3 is 2.00 bits per heavy atom. The maximum Gasteiger partial charge on any atom is 0.418 e. The zero-order chi connectivity index (χ0) is 21.3. The largest absolute Gasteiger partial charge is 0.449 e. The summed E-state index contributed by atoms with van der Waals surface area (Å²) >= 11 is 0. The highest BCUT2D eigenvalue weighted by atomic mass is 16.6. The molecule has 5 heteroatoms. The number of rotatable bonds is 7. The molecule has 0 saturated heterocycles. The van der Waals surface area contributed by atoms with E-state index in [0.29, 0.717) is 18.6 Å². The zero-order valence-corrected chi connectivity index (χ0v) is 17.2. The molecule has 0 atom stereocenters. The van der Waals surface area contributed by atoms with Crippen LogP contribution < -0.4 is 9.64 Å². The minimum Gasteiger partial charge on any atom is -0.449 e. The molecular formula is C25H25NO4. The number of benzene rings is 3. The quantitative estimate of drug-likeness (QED) is 0.283. The Kier molecular flexibility index (Phi) is 7.22. The van der Waals surface area contributed by atoms with Gasteiger partial charge in [-0.2, -0.15) is 0 Å². The van der Waals surface area contributed by atoms with Crippen LogP contribution in [-0.4, -0.2) is 18.7 Å². The Labute approximate surface area is 176 Å². The van der Waals surface area contributed by atoms with Crippen molar-refractivity contribution in [2.24, 2.45) is 0 Å². The fourth-order valence-corrected chi connectivity index (χ4v) is 3.20. The number of ether oxygens (including phenoxy) is 2. The number of nitrogens with zero attached hydrogens (tertiary/aromatic N) is 1. The Balaban J connectivity index is 1.62. The normalized spacial score (nSPS) is 10.3. The number of amides is 1. The van der Waals surface area contributed by atoms with Crippen LogP contribution in [0.4, 0.5) is 16.2 Å². The van der Waals surface area contributed by atoms with Gasteiger partial charge in [0.2, 0.25) is 0 Å². The van der Waals surface area contributed by atoms with E-state index in [0.717, 1.165) is 22.5 Å². The van der Waals surface area contributed by atoms with E-state index in [-0.39, 0.29) is 12.6 Å². The van der Waals surface area contributed by atoms with E-state index in [1.54, 1.807) is 11.0 Å². The SMILES string of the molecule is CC(=O)Oc1cccc(CCCOC(=O)N(c2ccccc2)c2ccccc2)c1C. The minimum atomic E-state index is -0.419. The molecule has 3 aromatic carbocycles. The summed E-state index contributed by atoms with van der Waals surface area (Å²) in [5.41, 5.74) is 3.49. The van der Waals surface area contributed by atoms with Crippen molar-refractivity contribution in [2.45, 2.75) is 26.7 Å². The lowest BCUT2D eigenvalue weighted by atomic mass is 10.0. The first kappa shape index (κ1) is 21.1. The van der Waals surface area contributed by atoms with Gasteiger partial charge >= 0.3 is 12.1 Å². The third-order valence-corrected chi connectivity index (χ3v) is 4.68. The van der Waals surface area contributed by atoms with Crippen molar-refractivity contribution < 1.29 is 19.1 Å². The van der Waals surface area contributed by atoms with E-state index in [1.165, 1.54) is 6.92 Å². The first-order valence-corrected chi connectivity index (χ1v) is 9.90. The highest BCUT2D eigenvalue weighted by Gasteiger charge is 2.19. The van der Waals surface area contributed by atoms with E-state index in [4.69, 9.17) is 9.47 Å². The summed E-state index contributed by atoms with van der Waals surface area (Å²) in [5, 5.41) is 0. The lowest BCUT2D eigenvalue weighted by molar-refractivity contribution is -0.131. The van der Waals surface area contributed by atoms with Gasteiger partial charge in [0.15, 0.2) is 0 Å². The van der Waals surface area contributed by atoms with Gasteiger partial charge in [0.1, 0.15) is 5.75 Å². The molecule has 0 spiro atoms. The summed E-state index contributed by atoms with van der Waals surface area (Å²) in [6.07, 6.45) is 0.955. The predicted octanol–water partition coefficient (Wildman–Crippen LogP) is 5.83. The van der Waals surface area contributed by atoms with Crippen molar-refractivity contribution in [1.82, 2.24) is 0 Å². The summed E-state index contributed by atoms with van der Waals surface area (Å²) in [7, 11) is 0. The monoisotopic (exact) mass is 403 g/mol. The Morgan fingerprint density at radius 1 is 0.833 bits per heavy atom. The lowest BCUT2D eigenvalue weighted by Crippen LogP contribution is -2.27. The van der Waals surface area contributed by atoms with Gasteiger partial charge in [0, 0.05) is 6.92 Å². The second-order valence-corrected chi connectivity index (χ2v) is 6.86. The molecule has 3 rings (SSSR count). The van der Waals surface area contributed by atoms with Crippen molar-refractivity contribution in [3.63, 3.8) is 0 Å². The Hall–Kier alpha value is -3.60. The van der Waals surface area contributed by atoms with Gasteiger partial charge in [0.05, 0.1) is 18.0 Å². The van der Waals surface area contributed by atoms with Gasteiger partial charge in [-0.1, -0.05) is 48.5 Å². The van der Waals surface area contributed by atoms with Crippen LogP contribution in [0.2, 0.25) is 0 Å². The Morgan fingerprint density at radius 2 is 1.43 bits per heavy atom. The number of hydrogen-bond acceptors (Lipinski definition) is 4. The summed E-state index contributed by atoms with van der Waals surface area (Å²) in [6.45, 7) is 3.59. The van der Waals surface area contributed by atoms with Crippen LogP contribution in [0, 0.1) is 6.92 Å². The number of hydrogen-bond donors (Lipinski definition) is 0. The molecule has 0 N–H and O–H groups in total. The molecule has 30 heavy (non-hydrogen) atoms. The van der Waals surface area contributed by atoms with Crippen molar-refractivity contribution >= 4 is 23.4 Å². The van der Waals surface area contributed by atoms with Crippen LogP contribution in [0.25, 0.3) is 0 Å². The van der Waals surface area contributed by atoms with Gasteiger partial charge in [-0.05, 0) is 61.2 Å². The van der Waals surface area contributed by atoms with E-state index in [1.807, 2.05) is 79.7 Å². The number of para-hydroxylation sites is 2. The van der Waals surface area contributed by atoms with Crippen LogP contribution in [0.15, 0.2) is 78.9 Å². The number of esters is 1. The number of carbonyl (C=O) groups is 2. The second-order valence-electron chi connectivity index (χ2n) is 6.86. The minimum absolute atomic E-state index is 0.284. The molecule has 0 aliphatic heterocycles. The zero-order valence-electron chi connectivity index (χ0n) is 17.2. The van der Waals surface area contributed by atoms with E-state index >= 15 is 0 Å². The van der Waals surface area contributed by atoms with Gasteiger partial charge < -0.3 is 9.47 Å². The number of carbonyl (C=O) groups excluding carboxylic acids is 2. The molecule has 0 saturated carbocycles. The molecule has 0 aliphatic rings. The van der Waals surface area contributed by atoms with Gasteiger partial charge in [-0.15, -0.1) is 0 Å². The van der Waals surface area contributed by atoms with Crippen LogP contribution in [-0.2, 0) is 16.0 Å². The van der Waals surface area contributed by atoms with E-state index in [2.05, 4.69) is 0 Å². The van der Waals surface area contributed by atoms with Gasteiger partial charge in [-0.3, -0.25) is 4.79 Å². The predicted molar refractivity (Wildman–Crippen MR) is 117 cm³/mol. The molecular weight excluding hydrogens is 378 g/mol. The second kappa shape index (κ2) is 10.3. The highest BCUT2D eigenvalue weighted by molar-refractivity contribution is 5.95. The molecule has 0 aliphatic carbocycles. The Bertz CT molecular complexity index is 947. The molecule has 0 radical (unpaired) electrons. The summed E-state index contributed by atoms with van der Waals surface area (Å²) in [6, 6.07) is 24.5. The van der Waals surface area contributed by atoms with Crippen molar-refractivity contribution in [1.29, 1.82) is 0 Å². The molecule has 5 nitrogen and oxygen atoms in total. The third-order valence-electron chi connectivity index (χ3n) is 4.68. The third kappa shape index (κ3) is 5.47. The molecule has 3 aromatic rings. The van der Waals surface area contributed by atoms with Crippen LogP contribution in [0.3, 0.4) is 0 Å². The summed E-state index contributed by atoms with van der Waals surface area (Å²) in [4.78, 5) is 25.6. The first-order valence-electron chi connectivity index (χ1n) is 9.90. The van der Waals surface area contributed by atoms with Crippen LogP contribution >= 0.6 is 0 Å². The molecule has 0 aromatic heterocycles. The van der Waals surface area contributed by atoms with Crippen LogP contribution in [0.5, 0.6) is 5.75 Å². The standard InChI is InChI=1S/C25H25NO4/c1-19-21(11-9-17-24(19)30-20(2)27)12-10-18-29-25(28)26(22-13-5-3-6-14-22)23-15-7-4-8-16-23/h3-9,11,13-17H,10,12,18H2,1-2H3. The lowest BCUT2D eigenvalue weighted by Gasteiger charge is -2.22. The fraction of sp³-hybridized carbons (Fsp3) is 0.200. The fourth-order valence-electron chi connectivity index (χ4n) is 3.20. The smallest absolute Gasteiger partial charge is 0.418 e.